The molecule has 0 aliphatic rings. The number of carboxylic acid groups (broad SMARTS) is 1. The van der Waals surface area contributed by atoms with E-state index >= 15 is 0 Å². The van der Waals surface area contributed by atoms with E-state index in [0.29, 0.717) is 18.1 Å². The van der Waals surface area contributed by atoms with E-state index in [1.165, 1.54) is 18.2 Å². The molecular weight excluding hydrogens is 336 g/mol. The Morgan fingerprint density at radius 3 is 2.62 bits per heavy atom. The number of aromatic nitrogens is 1. The second-order valence-corrected chi connectivity index (χ2v) is 5.58. The quantitative estimate of drug-likeness (QED) is 0.669. The first kappa shape index (κ1) is 19.2. The summed E-state index contributed by atoms with van der Waals surface area (Å²) in [5, 5.41) is 11.7. The van der Waals surface area contributed by atoms with E-state index in [1.807, 2.05) is 6.07 Å². The Labute approximate surface area is 152 Å². The first-order chi connectivity index (χ1) is 12.5. The lowest BCUT2D eigenvalue weighted by Crippen LogP contribution is -2.24. The second kappa shape index (κ2) is 9.41. The molecule has 138 valence electrons. The lowest BCUT2D eigenvalue weighted by molar-refractivity contribution is 0.0690. The van der Waals surface area contributed by atoms with Crippen molar-refractivity contribution in [3.05, 3.63) is 53.3 Å². The fourth-order valence-electron chi connectivity index (χ4n) is 2.22. The van der Waals surface area contributed by atoms with Crippen LogP contribution in [-0.4, -0.2) is 35.7 Å². The van der Waals surface area contributed by atoms with Crippen molar-refractivity contribution in [2.24, 2.45) is 0 Å². The fourth-order valence-corrected chi connectivity index (χ4v) is 2.22. The third-order valence-corrected chi connectivity index (χ3v) is 3.64. The average molecular weight is 358 g/mol. The smallest absolute Gasteiger partial charge is 0.354 e. The van der Waals surface area contributed by atoms with Gasteiger partial charge in [-0.25, -0.2) is 9.78 Å². The Balaban J connectivity index is 2.01. The van der Waals surface area contributed by atoms with Gasteiger partial charge in [0.15, 0.2) is 11.5 Å². The lowest BCUT2D eigenvalue weighted by Gasteiger charge is -2.12. The van der Waals surface area contributed by atoms with E-state index in [0.717, 1.165) is 18.4 Å². The van der Waals surface area contributed by atoms with Crippen LogP contribution in [0.2, 0.25) is 0 Å². The van der Waals surface area contributed by atoms with Crippen molar-refractivity contribution >= 4 is 11.9 Å². The van der Waals surface area contributed by atoms with E-state index in [-0.39, 0.29) is 17.9 Å². The number of amides is 1. The van der Waals surface area contributed by atoms with Crippen LogP contribution in [0.15, 0.2) is 36.4 Å². The van der Waals surface area contributed by atoms with Gasteiger partial charge < -0.3 is 19.9 Å². The zero-order valence-corrected chi connectivity index (χ0v) is 14.8. The number of hydrogen-bond acceptors (Lipinski definition) is 5. The lowest BCUT2D eigenvalue weighted by atomic mass is 10.2. The number of carbonyl (C=O) groups excluding carboxylic acids is 1. The molecule has 0 aliphatic carbocycles. The number of nitrogens with one attached hydrogen (secondary N) is 1. The third-order valence-electron chi connectivity index (χ3n) is 3.64. The number of ether oxygens (including phenoxy) is 2. The summed E-state index contributed by atoms with van der Waals surface area (Å²) in [6.07, 6.45) is 2.01. The molecule has 7 heteroatoms. The van der Waals surface area contributed by atoms with E-state index in [9.17, 15) is 9.59 Å². The molecule has 0 saturated carbocycles. The molecule has 0 saturated heterocycles. The van der Waals surface area contributed by atoms with Crippen LogP contribution in [0, 0.1) is 0 Å². The maximum Gasteiger partial charge on any atom is 0.354 e. The number of carbonyl (C=O) groups is 2. The summed E-state index contributed by atoms with van der Waals surface area (Å²) >= 11 is 0. The number of benzene rings is 1. The van der Waals surface area contributed by atoms with Crippen LogP contribution >= 0.6 is 0 Å². The molecule has 1 aromatic heterocycles. The van der Waals surface area contributed by atoms with Crippen molar-refractivity contribution < 1.29 is 24.2 Å². The molecule has 0 fully saturated rings. The highest BCUT2D eigenvalue weighted by atomic mass is 16.5. The van der Waals surface area contributed by atoms with Crippen LogP contribution in [0.4, 0.5) is 0 Å². The van der Waals surface area contributed by atoms with Gasteiger partial charge >= 0.3 is 5.97 Å². The van der Waals surface area contributed by atoms with Gasteiger partial charge in [-0.05, 0) is 36.2 Å². The maximum atomic E-state index is 12.2. The topological polar surface area (TPSA) is 97.8 Å². The third kappa shape index (κ3) is 5.20. The monoisotopic (exact) mass is 358 g/mol. The van der Waals surface area contributed by atoms with Crippen molar-refractivity contribution in [3.8, 4) is 11.5 Å². The zero-order valence-electron chi connectivity index (χ0n) is 14.8. The highest BCUT2D eigenvalue weighted by Gasteiger charge is 2.12. The highest BCUT2D eigenvalue weighted by molar-refractivity contribution is 5.94. The van der Waals surface area contributed by atoms with Gasteiger partial charge in [0.25, 0.3) is 5.91 Å². The van der Waals surface area contributed by atoms with E-state index < -0.39 is 11.9 Å². The van der Waals surface area contributed by atoms with Crippen molar-refractivity contribution in [2.45, 2.75) is 26.3 Å². The number of unbranched alkanes of at least 4 members (excludes halogenated alkanes) is 1. The van der Waals surface area contributed by atoms with Crippen molar-refractivity contribution in [1.82, 2.24) is 10.3 Å². The van der Waals surface area contributed by atoms with E-state index in [1.54, 1.807) is 19.2 Å². The summed E-state index contributed by atoms with van der Waals surface area (Å²) in [5.74, 6) is -0.371. The molecule has 0 aliphatic heterocycles. The van der Waals surface area contributed by atoms with Gasteiger partial charge in [0, 0.05) is 6.54 Å². The van der Waals surface area contributed by atoms with E-state index in [2.05, 4.69) is 17.2 Å². The Hall–Kier alpha value is -3.09. The molecule has 1 amide bonds. The number of carboxylic acids is 1. The normalized spacial score (nSPS) is 10.2. The molecule has 1 heterocycles. The van der Waals surface area contributed by atoms with Crippen molar-refractivity contribution in [3.63, 3.8) is 0 Å². The predicted octanol–water partition coefficient (Wildman–Crippen LogP) is 2.90. The SMILES string of the molecule is CCCCOc1ccc(CNC(=O)c2cccc(C(=O)O)n2)cc1OC. The number of nitrogens with zero attached hydrogens (tertiary/aromatic N) is 1. The summed E-state index contributed by atoms with van der Waals surface area (Å²) in [5.41, 5.74) is 0.705. The van der Waals surface area contributed by atoms with Crippen LogP contribution in [0.25, 0.3) is 0 Å². The van der Waals surface area contributed by atoms with Gasteiger partial charge in [-0.15, -0.1) is 0 Å². The minimum atomic E-state index is -1.18. The molecule has 7 nitrogen and oxygen atoms in total. The molecule has 0 bridgehead atoms. The van der Waals surface area contributed by atoms with Gasteiger partial charge in [-0.3, -0.25) is 4.79 Å². The molecule has 2 N–H and O–H groups in total. The molecule has 0 unspecified atom stereocenters. The van der Waals surface area contributed by atoms with Gasteiger partial charge in [-0.1, -0.05) is 25.5 Å². The second-order valence-electron chi connectivity index (χ2n) is 5.58. The van der Waals surface area contributed by atoms with E-state index in [4.69, 9.17) is 14.6 Å². The van der Waals surface area contributed by atoms with Crippen LogP contribution in [0.3, 0.4) is 0 Å². The highest BCUT2D eigenvalue weighted by Crippen LogP contribution is 2.28. The summed E-state index contributed by atoms with van der Waals surface area (Å²) in [6, 6.07) is 9.72. The molecule has 2 rings (SSSR count). The molecule has 2 aromatic rings. The number of rotatable bonds is 9. The van der Waals surface area contributed by atoms with Crippen LogP contribution in [0.1, 0.15) is 46.3 Å². The predicted molar refractivity (Wildman–Crippen MR) is 95.8 cm³/mol. The largest absolute Gasteiger partial charge is 0.493 e. The minimum absolute atomic E-state index is 0.0522. The maximum absolute atomic E-state index is 12.2. The van der Waals surface area contributed by atoms with Crippen molar-refractivity contribution in [1.29, 1.82) is 0 Å². The molecule has 0 atom stereocenters. The van der Waals surface area contributed by atoms with Gasteiger partial charge in [0.1, 0.15) is 11.4 Å². The Kier molecular flexibility index (Phi) is 6.96. The molecule has 1 aromatic carbocycles. The van der Waals surface area contributed by atoms with Crippen LogP contribution in [0.5, 0.6) is 11.5 Å². The number of hydrogen-bond donors (Lipinski definition) is 2. The molecular formula is C19H22N2O5. The summed E-state index contributed by atoms with van der Waals surface area (Å²) in [4.78, 5) is 26.9. The first-order valence-corrected chi connectivity index (χ1v) is 8.33. The van der Waals surface area contributed by atoms with Gasteiger partial charge in [0.2, 0.25) is 0 Å². The van der Waals surface area contributed by atoms with Gasteiger partial charge in [-0.2, -0.15) is 0 Å². The molecule has 0 spiro atoms. The van der Waals surface area contributed by atoms with Crippen molar-refractivity contribution in [2.75, 3.05) is 13.7 Å². The van der Waals surface area contributed by atoms with Gasteiger partial charge in [0.05, 0.1) is 13.7 Å². The Morgan fingerprint density at radius 2 is 1.92 bits per heavy atom. The van der Waals surface area contributed by atoms with Crippen LogP contribution < -0.4 is 14.8 Å². The Bertz CT molecular complexity index is 776. The Morgan fingerprint density at radius 1 is 1.15 bits per heavy atom. The fraction of sp³-hybridized carbons (Fsp3) is 0.316. The molecule has 26 heavy (non-hydrogen) atoms. The average Bonchev–Trinajstić information content (AvgIpc) is 2.66. The number of pyridine rings is 1. The molecule has 0 radical (unpaired) electrons. The summed E-state index contributed by atoms with van der Waals surface area (Å²) in [6.45, 7) is 2.96. The standard InChI is InChI=1S/C19H22N2O5/c1-3-4-10-26-16-9-8-13(11-17(16)25-2)12-20-18(22)14-6-5-7-15(21-14)19(23)24/h5-9,11H,3-4,10,12H2,1-2H3,(H,20,22)(H,23,24). The number of aromatic carboxylic acids is 1. The minimum Gasteiger partial charge on any atom is -0.493 e. The first-order valence-electron chi connectivity index (χ1n) is 8.33. The zero-order chi connectivity index (χ0) is 18.9. The summed E-state index contributed by atoms with van der Waals surface area (Å²) < 4.78 is 11.0. The summed E-state index contributed by atoms with van der Waals surface area (Å²) in [7, 11) is 1.56. The number of methoxy groups -OCH3 is 1. The van der Waals surface area contributed by atoms with Crippen LogP contribution in [-0.2, 0) is 6.54 Å².